The Bertz CT molecular complexity index is 1500. The number of benzene rings is 2. The second-order valence-electron chi connectivity index (χ2n) is 8.02. The number of nitrogens with zero attached hydrogens (tertiary/aromatic N) is 4. The summed E-state index contributed by atoms with van der Waals surface area (Å²) in [6.07, 6.45) is 1.81. The monoisotopic (exact) mass is 494 g/mol. The SMILES string of the molecule is Cc1nc2c(-c3ccc(Cl)s3)cc(N3CCOCC3)cc2n1-c1ccnc2c(Cl)cccc12. The van der Waals surface area contributed by atoms with Gasteiger partial charge in [-0.25, -0.2) is 4.98 Å². The van der Waals surface area contributed by atoms with Crippen molar-refractivity contribution in [1.29, 1.82) is 0 Å². The molecule has 166 valence electrons. The molecule has 1 aliphatic rings. The van der Waals surface area contributed by atoms with E-state index in [-0.39, 0.29) is 0 Å². The molecule has 1 aliphatic heterocycles. The summed E-state index contributed by atoms with van der Waals surface area (Å²) in [5, 5.41) is 1.63. The number of aromatic nitrogens is 3. The van der Waals surface area contributed by atoms with Crippen LogP contribution in [0.15, 0.2) is 54.7 Å². The lowest BCUT2D eigenvalue weighted by molar-refractivity contribution is 0.122. The molecule has 6 rings (SSSR count). The molecule has 5 nitrogen and oxygen atoms in total. The number of para-hydroxylation sites is 1. The van der Waals surface area contributed by atoms with E-state index in [2.05, 4.69) is 38.7 Å². The minimum atomic E-state index is 0.638. The number of hydrogen-bond donors (Lipinski definition) is 0. The van der Waals surface area contributed by atoms with Gasteiger partial charge in [0.05, 0.1) is 44.8 Å². The third kappa shape index (κ3) is 3.58. The summed E-state index contributed by atoms with van der Waals surface area (Å²) in [5.41, 5.74) is 6.04. The summed E-state index contributed by atoms with van der Waals surface area (Å²) in [6.45, 7) is 5.21. The van der Waals surface area contributed by atoms with Crippen molar-refractivity contribution in [2.45, 2.75) is 6.92 Å². The molecule has 0 saturated carbocycles. The number of halogens is 2. The Labute approximate surface area is 205 Å². The first-order chi connectivity index (χ1) is 16.1. The number of rotatable bonds is 3. The first kappa shape index (κ1) is 20.9. The molecule has 0 aliphatic carbocycles. The van der Waals surface area contributed by atoms with Gasteiger partial charge < -0.3 is 9.64 Å². The minimum absolute atomic E-state index is 0.638. The third-order valence-corrected chi connectivity index (χ3v) is 7.64. The van der Waals surface area contributed by atoms with Crippen LogP contribution >= 0.6 is 34.5 Å². The van der Waals surface area contributed by atoms with Gasteiger partial charge in [-0.3, -0.25) is 9.55 Å². The van der Waals surface area contributed by atoms with Crippen LogP contribution < -0.4 is 4.90 Å². The number of aryl methyl sites for hydroxylation is 1. The predicted molar refractivity (Wildman–Crippen MR) is 137 cm³/mol. The molecule has 0 unspecified atom stereocenters. The van der Waals surface area contributed by atoms with Gasteiger partial charge >= 0.3 is 0 Å². The highest BCUT2D eigenvalue weighted by Gasteiger charge is 2.21. The smallest absolute Gasteiger partial charge is 0.111 e. The highest BCUT2D eigenvalue weighted by Crippen LogP contribution is 2.40. The van der Waals surface area contributed by atoms with Crippen LogP contribution in [0.2, 0.25) is 9.36 Å². The molecular formula is C25H20Cl2N4OS. The Balaban J connectivity index is 1.66. The first-order valence-electron chi connectivity index (χ1n) is 10.8. The van der Waals surface area contributed by atoms with Crippen LogP contribution in [0.25, 0.3) is 38.1 Å². The number of pyridine rings is 1. The van der Waals surface area contributed by atoms with E-state index in [0.29, 0.717) is 5.02 Å². The maximum atomic E-state index is 6.47. The summed E-state index contributed by atoms with van der Waals surface area (Å²) in [5.74, 6) is 0.903. The number of anilines is 1. The predicted octanol–water partition coefficient (Wildman–Crippen LogP) is 6.75. The summed E-state index contributed by atoms with van der Waals surface area (Å²) in [7, 11) is 0. The molecule has 4 heterocycles. The van der Waals surface area contributed by atoms with Crippen molar-refractivity contribution in [3.05, 3.63) is 69.9 Å². The molecule has 5 aromatic rings. The molecule has 0 atom stereocenters. The number of hydrogen-bond acceptors (Lipinski definition) is 5. The lowest BCUT2D eigenvalue weighted by Crippen LogP contribution is -2.36. The first-order valence-corrected chi connectivity index (χ1v) is 12.3. The molecule has 0 N–H and O–H groups in total. The van der Waals surface area contributed by atoms with Crippen LogP contribution in [0.1, 0.15) is 5.82 Å². The Morgan fingerprint density at radius 3 is 2.64 bits per heavy atom. The van der Waals surface area contributed by atoms with Gasteiger partial charge in [-0.1, -0.05) is 35.3 Å². The fourth-order valence-electron chi connectivity index (χ4n) is 4.55. The summed E-state index contributed by atoms with van der Waals surface area (Å²) in [4.78, 5) is 13.0. The van der Waals surface area contributed by atoms with E-state index in [1.165, 1.54) is 0 Å². The van der Waals surface area contributed by atoms with E-state index < -0.39 is 0 Å². The van der Waals surface area contributed by atoms with Crippen molar-refractivity contribution in [1.82, 2.24) is 14.5 Å². The quantitative estimate of drug-likeness (QED) is 0.278. The third-order valence-electron chi connectivity index (χ3n) is 6.07. The fourth-order valence-corrected chi connectivity index (χ4v) is 5.84. The van der Waals surface area contributed by atoms with Crippen molar-refractivity contribution >= 4 is 62.2 Å². The molecule has 0 amide bonds. The summed E-state index contributed by atoms with van der Waals surface area (Å²) < 4.78 is 8.56. The molecule has 0 spiro atoms. The van der Waals surface area contributed by atoms with Crippen LogP contribution in [0.3, 0.4) is 0 Å². The average molecular weight is 495 g/mol. The van der Waals surface area contributed by atoms with Gasteiger partial charge in [0.25, 0.3) is 0 Å². The fraction of sp³-hybridized carbons (Fsp3) is 0.200. The molecule has 2 aromatic carbocycles. The van der Waals surface area contributed by atoms with E-state index in [4.69, 9.17) is 32.9 Å². The Kier molecular flexibility index (Phi) is 5.26. The van der Waals surface area contributed by atoms with E-state index in [1.54, 1.807) is 17.5 Å². The Morgan fingerprint density at radius 2 is 1.85 bits per heavy atom. The maximum absolute atomic E-state index is 6.47. The molecule has 1 fully saturated rings. The molecule has 0 bridgehead atoms. The van der Waals surface area contributed by atoms with Crippen molar-refractivity contribution in [2.75, 3.05) is 31.2 Å². The highest BCUT2D eigenvalue weighted by atomic mass is 35.5. The lowest BCUT2D eigenvalue weighted by Gasteiger charge is -2.29. The summed E-state index contributed by atoms with van der Waals surface area (Å²) >= 11 is 14.3. The van der Waals surface area contributed by atoms with Crippen molar-refractivity contribution in [2.24, 2.45) is 0 Å². The van der Waals surface area contributed by atoms with Crippen LogP contribution in [-0.2, 0) is 4.74 Å². The van der Waals surface area contributed by atoms with Crippen LogP contribution in [0.5, 0.6) is 0 Å². The van der Waals surface area contributed by atoms with Crippen molar-refractivity contribution in [3.8, 4) is 16.1 Å². The number of thiophene rings is 1. The minimum Gasteiger partial charge on any atom is -0.378 e. The standard InChI is InChI=1S/C25H20Cl2N4OS/c1-15-29-25-18(22-5-6-23(27)33-22)13-16(30-9-11-32-12-10-30)14-21(25)31(15)20-7-8-28-24-17(20)3-2-4-19(24)26/h2-8,13-14H,9-12H2,1H3. The maximum Gasteiger partial charge on any atom is 0.111 e. The zero-order chi connectivity index (χ0) is 22.5. The van der Waals surface area contributed by atoms with Gasteiger partial charge in [0.15, 0.2) is 0 Å². The molecule has 3 aromatic heterocycles. The van der Waals surface area contributed by atoms with Gasteiger partial charge in [-0.15, -0.1) is 11.3 Å². The summed E-state index contributed by atoms with van der Waals surface area (Å²) in [6, 6.07) is 16.4. The second-order valence-corrected chi connectivity index (χ2v) is 10.1. The van der Waals surface area contributed by atoms with Gasteiger partial charge in [0.2, 0.25) is 0 Å². The van der Waals surface area contributed by atoms with Gasteiger partial charge in [-0.2, -0.15) is 0 Å². The van der Waals surface area contributed by atoms with Crippen molar-refractivity contribution < 1.29 is 4.74 Å². The molecule has 8 heteroatoms. The molecule has 33 heavy (non-hydrogen) atoms. The van der Waals surface area contributed by atoms with E-state index in [1.807, 2.05) is 31.2 Å². The van der Waals surface area contributed by atoms with Crippen LogP contribution in [0.4, 0.5) is 5.69 Å². The topological polar surface area (TPSA) is 43.2 Å². The Hall–Kier alpha value is -2.64. The van der Waals surface area contributed by atoms with E-state index >= 15 is 0 Å². The molecular weight excluding hydrogens is 475 g/mol. The zero-order valence-electron chi connectivity index (χ0n) is 17.9. The normalized spacial score (nSPS) is 14.5. The lowest BCUT2D eigenvalue weighted by atomic mass is 10.1. The van der Waals surface area contributed by atoms with Crippen LogP contribution in [0, 0.1) is 6.92 Å². The van der Waals surface area contributed by atoms with Crippen molar-refractivity contribution in [3.63, 3.8) is 0 Å². The second kappa shape index (κ2) is 8.29. The van der Waals surface area contributed by atoms with Crippen LogP contribution in [-0.4, -0.2) is 40.8 Å². The average Bonchev–Trinajstić information content (AvgIpc) is 3.41. The number of imidazole rings is 1. The number of ether oxygens (including phenoxy) is 1. The number of fused-ring (bicyclic) bond motifs is 2. The highest BCUT2D eigenvalue weighted by molar-refractivity contribution is 7.19. The van der Waals surface area contributed by atoms with Gasteiger partial charge in [-0.05, 0) is 43.3 Å². The van der Waals surface area contributed by atoms with E-state index in [0.717, 1.165) is 80.2 Å². The van der Waals surface area contributed by atoms with Gasteiger partial charge in [0, 0.05) is 40.8 Å². The largest absolute Gasteiger partial charge is 0.378 e. The molecule has 0 radical (unpaired) electrons. The van der Waals surface area contributed by atoms with E-state index in [9.17, 15) is 0 Å². The molecule has 1 saturated heterocycles. The Morgan fingerprint density at radius 1 is 1.00 bits per heavy atom. The zero-order valence-corrected chi connectivity index (χ0v) is 20.2. The number of morpholine rings is 1. The van der Waals surface area contributed by atoms with Gasteiger partial charge in [0.1, 0.15) is 5.82 Å².